The van der Waals surface area contributed by atoms with Gasteiger partial charge in [0.25, 0.3) is 0 Å². The molecule has 0 aliphatic rings. The molecule has 2 aromatic carbocycles. The van der Waals surface area contributed by atoms with E-state index in [2.05, 4.69) is 11.6 Å². The number of hydrogen-bond acceptors (Lipinski definition) is 2. The van der Waals surface area contributed by atoms with Crippen LogP contribution in [0.3, 0.4) is 0 Å². The Bertz CT molecular complexity index is 591. The maximum atomic E-state index is 9.97. The van der Waals surface area contributed by atoms with Gasteiger partial charge in [-0.3, -0.25) is 4.99 Å². The number of hydrogen-bond donors (Lipinski definition) is 1. The Hall–Kier alpha value is -2.29. The van der Waals surface area contributed by atoms with Crippen LogP contribution in [-0.4, -0.2) is 19.2 Å². The van der Waals surface area contributed by atoms with E-state index in [1.807, 2.05) is 50.3 Å². The zero-order valence-electron chi connectivity index (χ0n) is 10.3. The van der Waals surface area contributed by atoms with Gasteiger partial charge in [-0.05, 0) is 29.2 Å². The van der Waals surface area contributed by atoms with Gasteiger partial charge < -0.3 is 5.11 Å². The highest BCUT2D eigenvalue weighted by atomic mass is 16.3. The largest absolute Gasteiger partial charge is 0.508 e. The highest BCUT2D eigenvalue weighted by molar-refractivity contribution is 6.35. The normalized spacial score (nSPS) is 10.7. The smallest absolute Gasteiger partial charge is 0.144 e. The molecule has 0 unspecified atom stereocenters. The van der Waals surface area contributed by atoms with Crippen molar-refractivity contribution in [3.05, 3.63) is 60.2 Å². The molecular formula is C15H14BNO. The molecule has 18 heavy (non-hydrogen) atoms. The van der Waals surface area contributed by atoms with Gasteiger partial charge in [0.05, 0.1) is 5.69 Å². The fourth-order valence-electron chi connectivity index (χ4n) is 1.71. The molecule has 1 N–H and O–H groups in total. The Morgan fingerprint density at radius 3 is 2.56 bits per heavy atom. The van der Waals surface area contributed by atoms with Gasteiger partial charge in [-0.25, -0.2) is 0 Å². The molecule has 0 spiro atoms. The van der Waals surface area contributed by atoms with Gasteiger partial charge in [0, 0.05) is 11.8 Å². The van der Waals surface area contributed by atoms with Crippen LogP contribution < -0.4 is 5.46 Å². The van der Waals surface area contributed by atoms with E-state index < -0.39 is 0 Å². The first kappa shape index (κ1) is 12.2. The molecule has 0 amide bonds. The minimum Gasteiger partial charge on any atom is -0.508 e. The van der Waals surface area contributed by atoms with Crippen molar-refractivity contribution in [2.45, 2.75) is 0 Å². The van der Waals surface area contributed by atoms with E-state index in [1.54, 1.807) is 12.3 Å². The van der Waals surface area contributed by atoms with Gasteiger partial charge in [0.1, 0.15) is 13.6 Å². The van der Waals surface area contributed by atoms with Gasteiger partial charge in [-0.15, -0.1) is 0 Å². The molecule has 2 nitrogen and oxygen atoms in total. The summed E-state index contributed by atoms with van der Waals surface area (Å²) in [6.07, 6.45) is 3.43. The highest BCUT2D eigenvalue weighted by Crippen LogP contribution is 2.16. The third kappa shape index (κ3) is 2.69. The van der Waals surface area contributed by atoms with E-state index >= 15 is 0 Å². The highest BCUT2D eigenvalue weighted by Gasteiger charge is 2.03. The molecule has 2 rings (SSSR count). The predicted molar refractivity (Wildman–Crippen MR) is 80.1 cm³/mol. The monoisotopic (exact) mass is 235 g/mol. The number of phenolic OH excluding ortho intramolecular Hbond substituents is 1. The second-order valence-corrected chi connectivity index (χ2v) is 4.07. The van der Waals surface area contributed by atoms with Crippen LogP contribution in [-0.2, 0) is 0 Å². The van der Waals surface area contributed by atoms with E-state index in [0.717, 1.165) is 16.7 Å². The number of nitrogens with zero attached hydrogens (tertiary/aromatic N) is 1. The number of phenols is 1. The minimum absolute atomic E-state index is 0.264. The van der Waals surface area contributed by atoms with Crippen molar-refractivity contribution in [3.8, 4) is 5.75 Å². The van der Waals surface area contributed by atoms with Crippen LogP contribution in [0.1, 0.15) is 11.1 Å². The predicted octanol–water partition coefficient (Wildman–Crippen LogP) is 2.04. The lowest BCUT2D eigenvalue weighted by molar-refractivity contribution is 0.479. The lowest BCUT2D eigenvalue weighted by Crippen LogP contribution is -2.06. The van der Waals surface area contributed by atoms with Crippen molar-refractivity contribution >= 4 is 31.3 Å². The Morgan fingerprint density at radius 2 is 1.89 bits per heavy atom. The molecule has 0 bridgehead atoms. The molecule has 0 saturated heterocycles. The SMILES string of the molecule is Bc1cc(C=C)cc(/C=N/c2ccccc2)c1O. The fourth-order valence-corrected chi connectivity index (χ4v) is 1.71. The second kappa shape index (κ2) is 5.36. The molecule has 3 heteroatoms. The van der Waals surface area contributed by atoms with E-state index in [-0.39, 0.29) is 5.75 Å². The van der Waals surface area contributed by atoms with Crippen molar-refractivity contribution in [2.24, 2.45) is 4.99 Å². The average Bonchev–Trinajstić information content (AvgIpc) is 2.41. The summed E-state index contributed by atoms with van der Waals surface area (Å²) in [5.41, 5.74) is 3.36. The van der Waals surface area contributed by atoms with Gasteiger partial charge in [0.15, 0.2) is 0 Å². The molecule has 0 aromatic heterocycles. The quantitative estimate of drug-likeness (QED) is 0.640. The van der Waals surface area contributed by atoms with Crippen LogP contribution in [0.5, 0.6) is 5.75 Å². The van der Waals surface area contributed by atoms with Crippen molar-refractivity contribution in [2.75, 3.05) is 0 Å². The van der Waals surface area contributed by atoms with Crippen LogP contribution in [0.4, 0.5) is 5.69 Å². The molecule has 0 aliphatic carbocycles. The molecule has 0 heterocycles. The molecule has 0 saturated carbocycles. The van der Waals surface area contributed by atoms with Crippen LogP contribution >= 0.6 is 0 Å². The molecule has 88 valence electrons. The number of para-hydroxylation sites is 1. The molecule has 0 atom stereocenters. The zero-order valence-corrected chi connectivity index (χ0v) is 10.3. The van der Waals surface area contributed by atoms with E-state index in [1.165, 1.54) is 0 Å². The third-order valence-corrected chi connectivity index (χ3v) is 2.70. The summed E-state index contributed by atoms with van der Waals surface area (Å²) in [6.45, 7) is 3.73. The number of rotatable bonds is 3. The van der Waals surface area contributed by atoms with Gasteiger partial charge >= 0.3 is 0 Å². The fraction of sp³-hybridized carbons (Fsp3) is 0. The number of benzene rings is 2. The molecule has 0 aliphatic heterocycles. The Kier molecular flexibility index (Phi) is 3.63. The summed E-state index contributed by atoms with van der Waals surface area (Å²) in [6, 6.07) is 13.4. The Balaban J connectivity index is 2.37. The lowest BCUT2D eigenvalue weighted by atomic mass is 9.90. The first-order chi connectivity index (χ1) is 8.70. The molecule has 2 aromatic rings. The second-order valence-electron chi connectivity index (χ2n) is 4.07. The Labute approximate surface area is 108 Å². The first-order valence-corrected chi connectivity index (χ1v) is 5.76. The summed E-state index contributed by atoms with van der Waals surface area (Å²) >= 11 is 0. The average molecular weight is 235 g/mol. The van der Waals surface area contributed by atoms with Crippen LogP contribution in [0.25, 0.3) is 6.08 Å². The van der Waals surface area contributed by atoms with Crippen molar-refractivity contribution in [1.29, 1.82) is 0 Å². The van der Waals surface area contributed by atoms with Crippen LogP contribution in [0, 0.1) is 0 Å². The summed E-state index contributed by atoms with van der Waals surface area (Å²) in [7, 11) is 1.86. The minimum atomic E-state index is 0.264. The number of aromatic hydroxyl groups is 1. The summed E-state index contributed by atoms with van der Waals surface area (Å²) in [5.74, 6) is 0.264. The van der Waals surface area contributed by atoms with Gasteiger partial charge in [-0.2, -0.15) is 0 Å². The van der Waals surface area contributed by atoms with Crippen LogP contribution in [0.15, 0.2) is 54.0 Å². The lowest BCUT2D eigenvalue weighted by Gasteiger charge is -2.05. The molecule has 0 fully saturated rings. The standard InChI is InChI=1S/C15H14BNO/c1-2-11-8-12(15(18)14(16)9-11)10-17-13-6-4-3-5-7-13/h2-10,18H,1,16H2/b17-10+. The number of aliphatic imine (C=N–C) groups is 1. The maximum Gasteiger partial charge on any atom is 0.144 e. The Morgan fingerprint density at radius 1 is 1.17 bits per heavy atom. The van der Waals surface area contributed by atoms with Gasteiger partial charge in [-0.1, -0.05) is 36.9 Å². The van der Waals surface area contributed by atoms with Crippen molar-refractivity contribution in [3.63, 3.8) is 0 Å². The molecular weight excluding hydrogens is 221 g/mol. The summed E-state index contributed by atoms with van der Waals surface area (Å²) in [5, 5.41) is 9.97. The van der Waals surface area contributed by atoms with Gasteiger partial charge in [0.2, 0.25) is 0 Å². The summed E-state index contributed by atoms with van der Waals surface area (Å²) in [4.78, 5) is 4.33. The zero-order chi connectivity index (χ0) is 13.0. The van der Waals surface area contributed by atoms with Crippen LogP contribution in [0.2, 0.25) is 0 Å². The van der Waals surface area contributed by atoms with E-state index in [9.17, 15) is 5.11 Å². The van der Waals surface area contributed by atoms with Crippen molar-refractivity contribution < 1.29 is 5.11 Å². The summed E-state index contributed by atoms with van der Waals surface area (Å²) < 4.78 is 0. The van der Waals surface area contributed by atoms with E-state index in [4.69, 9.17) is 0 Å². The molecule has 0 radical (unpaired) electrons. The van der Waals surface area contributed by atoms with E-state index in [0.29, 0.717) is 5.56 Å². The first-order valence-electron chi connectivity index (χ1n) is 5.76. The third-order valence-electron chi connectivity index (χ3n) is 2.70. The van der Waals surface area contributed by atoms with Crippen molar-refractivity contribution in [1.82, 2.24) is 0 Å². The maximum absolute atomic E-state index is 9.97. The topological polar surface area (TPSA) is 32.6 Å².